The van der Waals surface area contributed by atoms with Gasteiger partial charge in [-0.1, -0.05) is 35.9 Å². The lowest BCUT2D eigenvalue weighted by atomic mass is 9.88. The van der Waals surface area contributed by atoms with Crippen LogP contribution in [-0.2, 0) is 9.53 Å². The molecule has 1 heterocycles. The molecule has 0 fully saturated rings. The van der Waals surface area contributed by atoms with Gasteiger partial charge < -0.3 is 15.2 Å². The second-order valence-corrected chi connectivity index (χ2v) is 8.06. The first-order chi connectivity index (χ1) is 11.8. The summed E-state index contributed by atoms with van der Waals surface area (Å²) in [4.78, 5) is 12.8. The zero-order valence-electron chi connectivity index (χ0n) is 14.8. The number of hydrogen-bond acceptors (Lipinski definition) is 4. The van der Waals surface area contributed by atoms with Crippen LogP contribution in [-0.4, -0.2) is 22.2 Å². The van der Waals surface area contributed by atoms with Crippen LogP contribution in [0.5, 0.6) is 5.75 Å². The van der Waals surface area contributed by atoms with Gasteiger partial charge in [0.1, 0.15) is 16.9 Å². The summed E-state index contributed by atoms with van der Waals surface area (Å²) in [6, 6.07) is 9.25. The summed E-state index contributed by atoms with van der Waals surface area (Å²) in [7, 11) is 0. The Morgan fingerprint density at radius 2 is 1.92 bits per heavy atom. The maximum Gasteiger partial charge on any atom is 0.314 e. The van der Waals surface area contributed by atoms with E-state index in [1.54, 1.807) is 6.07 Å². The minimum Gasteiger partial charge on any atom is -0.507 e. The highest BCUT2D eigenvalue weighted by Crippen LogP contribution is 2.42. The van der Waals surface area contributed by atoms with Gasteiger partial charge in [0, 0.05) is 16.5 Å². The van der Waals surface area contributed by atoms with Crippen molar-refractivity contribution in [1.29, 1.82) is 0 Å². The first-order valence-electron chi connectivity index (χ1n) is 8.64. The van der Waals surface area contributed by atoms with Gasteiger partial charge in [-0.05, 0) is 51.7 Å². The van der Waals surface area contributed by atoms with Crippen molar-refractivity contribution in [3.05, 3.63) is 35.9 Å². The topological polar surface area (TPSA) is 58.6 Å². The van der Waals surface area contributed by atoms with Crippen LogP contribution in [0.25, 0.3) is 10.8 Å². The highest BCUT2D eigenvalue weighted by molar-refractivity contribution is 6.22. The zero-order valence-corrected chi connectivity index (χ0v) is 15.6. The fourth-order valence-electron chi connectivity index (χ4n) is 3.32. The van der Waals surface area contributed by atoms with Crippen LogP contribution in [0.15, 0.2) is 30.3 Å². The molecule has 25 heavy (non-hydrogen) atoms. The average Bonchev–Trinajstić information content (AvgIpc) is 2.51. The molecule has 0 aliphatic carbocycles. The maximum atomic E-state index is 12.8. The van der Waals surface area contributed by atoms with Crippen LogP contribution in [0.1, 0.15) is 51.5 Å². The Labute approximate surface area is 153 Å². The van der Waals surface area contributed by atoms with E-state index in [1.807, 2.05) is 45.0 Å². The normalized spacial score (nSPS) is 21.0. The number of halogens is 1. The number of carbonyl (C=O) groups excluding carboxylic acids is 1. The molecule has 4 nitrogen and oxygen atoms in total. The van der Waals surface area contributed by atoms with Crippen LogP contribution < -0.4 is 5.32 Å². The molecule has 2 aromatic rings. The minimum atomic E-state index is -0.555. The number of rotatable bonds is 1. The molecule has 2 N–H and O–H groups in total. The number of phenolic OH excluding ortho intramolecular Hbond substituents is 1. The number of benzene rings is 2. The lowest BCUT2D eigenvalue weighted by Crippen LogP contribution is -2.29. The Balaban J connectivity index is 2.15. The average molecular weight is 362 g/mol. The molecular weight excluding hydrogens is 338 g/mol. The fraction of sp³-hybridized carbons (Fsp3) is 0.450. The summed E-state index contributed by atoms with van der Waals surface area (Å²) >= 11 is 6.41. The largest absolute Gasteiger partial charge is 0.507 e. The standard InChI is InChI=1S/C20H24ClNO3/c1-20(2,3)25-19(24)14-9-6-10-17(21)22-18-13-8-5-4-7-12(13)16(23)11-15(14)18/h4-5,7-8,11,14,17,22-23H,6,9-10H2,1-3H3. The van der Waals surface area contributed by atoms with Gasteiger partial charge in [-0.3, -0.25) is 4.79 Å². The number of ether oxygens (including phenoxy) is 1. The van der Waals surface area contributed by atoms with E-state index in [0.717, 1.165) is 34.9 Å². The second-order valence-electron chi connectivity index (χ2n) is 7.53. The van der Waals surface area contributed by atoms with Crippen molar-refractivity contribution in [2.45, 2.75) is 57.1 Å². The molecule has 3 rings (SSSR count). The molecule has 2 aromatic carbocycles. The number of aromatic hydroxyl groups is 1. The van der Waals surface area contributed by atoms with E-state index in [-0.39, 0.29) is 17.2 Å². The number of phenols is 1. The van der Waals surface area contributed by atoms with E-state index in [9.17, 15) is 9.90 Å². The van der Waals surface area contributed by atoms with Crippen LogP contribution in [0.4, 0.5) is 5.69 Å². The Bertz CT molecular complexity index is 797. The molecule has 0 radical (unpaired) electrons. The lowest BCUT2D eigenvalue weighted by molar-refractivity contribution is -0.157. The van der Waals surface area contributed by atoms with Crippen molar-refractivity contribution < 1.29 is 14.6 Å². The van der Waals surface area contributed by atoms with E-state index in [4.69, 9.17) is 16.3 Å². The first-order valence-corrected chi connectivity index (χ1v) is 9.08. The maximum absolute atomic E-state index is 12.8. The van der Waals surface area contributed by atoms with Crippen LogP contribution >= 0.6 is 11.6 Å². The predicted octanol–water partition coefficient (Wildman–Crippen LogP) is 5.13. The fourth-order valence-corrected chi connectivity index (χ4v) is 3.58. The van der Waals surface area contributed by atoms with E-state index in [2.05, 4.69) is 5.32 Å². The van der Waals surface area contributed by atoms with Gasteiger partial charge in [0.2, 0.25) is 0 Å². The van der Waals surface area contributed by atoms with Crippen LogP contribution in [0.2, 0.25) is 0 Å². The summed E-state index contributed by atoms with van der Waals surface area (Å²) in [5.41, 5.74) is 0.784. The van der Waals surface area contributed by atoms with Crippen molar-refractivity contribution >= 4 is 34.0 Å². The molecule has 2 atom stereocenters. The molecule has 1 aliphatic rings. The Hall–Kier alpha value is -1.94. The Kier molecular flexibility index (Phi) is 4.83. The van der Waals surface area contributed by atoms with Gasteiger partial charge >= 0.3 is 5.97 Å². The molecule has 0 bridgehead atoms. The summed E-state index contributed by atoms with van der Waals surface area (Å²) in [5, 5.41) is 15.4. The quantitative estimate of drug-likeness (QED) is 0.320. The van der Waals surface area contributed by atoms with E-state index >= 15 is 0 Å². The highest BCUT2D eigenvalue weighted by Gasteiger charge is 2.31. The van der Waals surface area contributed by atoms with Crippen LogP contribution in [0.3, 0.4) is 0 Å². The Morgan fingerprint density at radius 1 is 1.24 bits per heavy atom. The Morgan fingerprint density at radius 3 is 2.60 bits per heavy atom. The summed E-state index contributed by atoms with van der Waals surface area (Å²) in [5.74, 6) is -0.531. The molecular formula is C20H24ClNO3. The van der Waals surface area contributed by atoms with Gasteiger partial charge in [-0.25, -0.2) is 0 Å². The van der Waals surface area contributed by atoms with Gasteiger partial charge in [0.25, 0.3) is 0 Å². The summed E-state index contributed by atoms with van der Waals surface area (Å²) in [6.07, 6.45) is 2.21. The third kappa shape index (κ3) is 3.84. The lowest BCUT2D eigenvalue weighted by Gasteiger charge is -2.29. The minimum absolute atomic E-state index is 0.163. The molecule has 2 unspecified atom stereocenters. The molecule has 0 saturated carbocycles. The second kappa shape index (κ2) is 6.75. The first kappa shape index (κ1) is 17.9. The van der Waals surface area contributed by atoms with Gasteiger partial charge in [0.15, 0.2) is 0 Å². The van der Waals surface area contributed by atoms with Crippen LogP contribution in [0, 0.1) is 0 Å². The smallest absolute Gasteiger partial charge is 0.314 e. The van der Waals surface area contributed by atoms with Gasteiger partial charge in [0.05, 0.1) is 5.92 Å². The number of nitrogens with one attached hydrogen (secondary N) is 1. The SMILES string of the molecule is CC(C)(C)OC(=O)C1CCCC(Cl)Nc2c1cc(O)c1ccccc21. The molecule has 0 amide bonds. The molecule has 0 aromatic heterocycles. The third-order valence-electron chi connectivity index (χ3n) is 4.37. The van der Waals surface area contributed by atoms with Crippen molar-refractivity contribution in [1.82, 2.24) is 0 Å². The van der Waals surface area contributed by atoms with Crippen molar-refractivity contribution in [3.63, 3.8) is 0 Å². The highest BCUT2D eigenvalue weighted by atomic mass is 35.5. The monoisotopic (exact) mass is 361 g/mol. The van der Waals surface area contributed by atoms with Crippen molar-refractivity contribution in [2.75, 3.05) is 5.32 Å². The molecule has 134 valence electrons. The number of hydrogen-bond donors (Lipinski definition) is 2. The summed E-state index contributed by atoms with van der Waals surface area (Å²) < 4.78 is 5.63. The number of carbonyl (C=O) groups is 1. The third-order valence-corrected chi connectivity index (χ3v) is 4.70. The van der Waals surface area contributed by atoms with Crippen molar-refractivity contribution in [3.8, 4) is 5.75 Å². The number of alkyl halides is 1. The van der Waals surface area contributed by atoms with E-state index < -0.39 is 11.5 Å². The molecule has 1 aliphatic heterocycles. The molecule has 0 saturated heterocycles. The van der Waals surface area contributed by atoms with E-state index in [1.165, 1.54) is 0 Å². The number of esters is 1. The van der Waals surface area contributed by atoms with Crippen molar-refractivity contribution in [2.24, 2.45) is 0 Å². The van der Waals surface area contributed by atoms with E-state index in [0.29, 0.717) is 6.42 Å². The zero-order chi connectivity index (χ0) is 18.2. The summed E-state index contributed by atoms with van der Waals surface area (Å²) in [6.45, 7) is 5.58. The molecule has 0 spiro atoms. The number of anilines is 1. The number of fused-ring (bicyclic) bond motifs is 3. The molecule has 5 heteroatoms. The van der Waals surface area contributed by atoms with Gasteiger partial charge in [-0.15, -0.1) is 0 Å². The van der Waals surface area contributed by atoms with Gasteiger partial charge in [-0.2, -0.15) is 0 Å². The predicted molar refractivity (Wildman–Crippen MR) is 101 cm³/mol.